The highest BCUT2D eigenvalue weighted by Crippen LogP contribution is 2.34. The summed E-state index contributed by atoms with van der Waals surface area (Å²) in [6.45, 7) is 0.802. The van der Waals surface area contributed by atoms with Crippen molar-refractivity contribution in [2.45, 2.75) is 37.8 Å². The number of ether oxygens (including phenoxy) is 1. The van der Waals surface area contributed by atoms with Gasteiger partial charge >= 0.3 is 5.97 Å². The van der Waals surface area contributed by atoms with Gasteiger partial charge in [-0.1, -0.05) is 0 Å². The van der Waals surface area contributed by atoms with Gasteiger partial charge in [-0.3, -0.25) is 24.6 Å². The lowest BCUT2D eigenvalue weighted by Crippen LogP contribution is -2.55. The van der Waals surface area contributed by atoms with Crippen LogP contribution in [0.3, 0.4) is 0 Å². The van der Waals surface area contributed by atoms with Gasteiger partial charge in [-0.25, -0.2) is 0 Å². The highest BCUT2D eigenvalue weighted by atomic mass is 16.6. The van der Waals surface area contributed by atoms with Gasteiger partial charge in [0.25, 0.3) is 11.6 Å². The average molecular weight is 377 g/mol. The van der Waals surface area contributed by atoms with Crippen molar-refractivity contribution in [2.75, 3.05) is 20.2 Å². The number of methoxy groups -OCH3 is 1. The Kier molecular flexibility index (Phi) is 5.59. The number of nitro groups is 1. The topological polar surface area (TPSA) is 122 Å². The first-order chi connectivity index (χ1) is 12.9. The Morgan fingerprint density at radius 2 is 2.07 bits per heavy atom. The minimum Gasteiger partial charge on any atom is -0.496 e. The smallest absolute Gasteiger partial charge is 0.317 e. The number of rotatable bonds is 9. The predicted molar refractivity (Wildman–Crippen MR) is 95.9 cm³/mol. The molecular formula is C18H23N3O6. The van der Waals surface area contributed by atoms with Gasteiger partial charge in [0.05, 0.1) is 24.1 Å². The molecule has 2 aliphatic rings. The van der Waals surface area contributed by atoms with E-state index in [1.807, 2.05) is 4.90 Å². The summed E-state index contributed by atoms with van der Waals surface area (Å²) < 4.78 is 5.13. The maximum atomic E-state index is 12.5. The van der Waals surface area contributed by atoms with E-state index < -0.39 is 16.8 Å². The fraction of sp³-hybridized carbons (Fsp3) is 0.556. The van der Waals surface area contributed by atoms with Crippen LogP contribution in [-0.4, -0.2) is 59.1 Å². The minimum atomic E-state index is -0.843. The third kappa shape index (κ3) is 4.73. The molecule has 0 atom stereocenters. The Labute approximate surface area is 156 Å². The standard InChI is InChI=1S/C18H23N3O6/c1-27-16-5-4-13(21(25)26)8-15(16)18(24)19-12-6-14(7-12)20(10-17(22)23)9-11-2-3-11/h4-5,8,11-12,14H,2-3,6-7,9-10H2,1H3,(H,19,24)(H,22,23). The normalized spacial score (nSPS) is 21.4. The minimum absolute atomic E-state index is 0.0144. The van der Waals surface area contributed by atoms with Gasteiger partial charge in [0, 0.05) is 30.8 Å². The summed E-state index contributed by atoms with van der Waals surface area (Å²) >= 11 is 0. The molecule has 0 aromatic heterocycles. The zero-order chi connectivity index (χ0) is 19.6. The molecule has 0 radical (unpaired) electrons. The third-order valence-electron chi connectivity index (χ3n) is 5.13. The van der Waals surface area contributed by atoms with Crippen molar-refractivity contribution >= 4 is 17.6 Å². The Balaban J connectivity index is 1.59. The molecule has 0 bridgehead atoms. The Bertz CT molecular complexity index is 743. The second-order valence-corrected chi connectivity index (χ2v) is 7.20. The summed E-state index contributed by atoms with van der Waals surface area (Å²) in [6, 6.07) is 3.95. The number of hydrogen-bond donors (Lipinski definition) is 2. The number of carboxylic acids is 1. The van der Waals surface area contributed by atoms with Crippen LogP contribution in [0.4, 0.5) is 5.69 Å². The zero-order valence-electron chi connectivity index (χ0n) is 15.1. The molecule has 1 amide bonds. The number of carbonyl (C=O) groups is 2. The van der Waals surface area contributed by atoms with Gasteiger partial charge in [0.2, 0.25) is 0 Å². The van der Waals surface area contributed by atoms with Crippen molar-refractivity contribution in [1.29, 1.82) is 0 Å². The number of benzene rings is 1. The largest absolute Gasteiger partial charge is 0.496 e. The molecule has 1 aromatic rings. The van der Waals surface area contributed by atoms with E-state index in [9.17, 15) is 19.7 Å². The summed E-state index contributed by atoms with van der Waals surface area (Å²) in [5, 5.41) is 22.9. The predicted octanol–water partition coefficient (Wildman–Crippen LogP) is 1.66. The van der Waals surface area contributed by atoms with Crippen LogP contribution in [-0.2, 0) is 4.79 Å². The maximum Gasteiger partial charge on any atom is 0.317 e. The molecule has 27 heavy (non-hydrogen) atoms. The third-order valence-corrected chi connectivity index (χ3v) is 5.13. The van der Waals surface area contributed by atoms with Crippen LogP contribution in [0, 0.1) is 16.0 Å². The van der Waals surface area contributed by atoms with Gasteiger partial charge in [-0.2, -0.15) is 0 Å². The fourth-order valence-electron chi connectivity index (χ4n) is 3.40. The van der Waals surface area contributed by atoms with E-state index in [1.54, 1.807) is 0 Å². The first kappa shape index (κ1) is 19.1. The molecule has 9 nitrogen and oxygen atoms in total. The lowest BCUT2D eigenvalue weighted by molar-refractivity contribution is -0.384. The van der Waals surface area contributed by atoms with Crippen molar-refractivity contribution < 1.29 is 24.4 Å². The van der Waals surface area contributed by atoms with Gasteiger partial charge in [0.1, 0.15) is 5.75 Å². The van der Waals surface area contributed by atoms with Gasteiger partial charge < -0.3 is 15.2 Å². The number of nitro benzene ring substituents is 1. The van der Waals surface area contributed by atoms with E-state index in [0.717, 1.165) is 19.4 Å². The molecule has 3 rings (SSSR count). The molecule has 2 fully saturated rings. The summed E-state index contributed by atoms with van der Waals surface area (Å²) in [5.74, 6) is -0.405. The van der Waals surface area contributed by atoms with Gasteiger partial charge in [-0.15, -0.1) is 0 Å². The summed E-state index contributed by atoms with van der Waals surface area (Å²) in [7, 11) is 1.40. The quantitative estimate of drug-likeness (QED) is 0.496. The number of aliphatic carboxylic acids is 1. The van der Waals surface area contributed by atoms with Crippen LogP contribution < -0.4 is 10.1 Å². The molecule has 0 heterocycles. The van der Waals surface area contributed by atoms with Gasteiger partial charge in [-0.05, 0) is 37.7 Å². The molecule has 2 N–H and O–H groups in total. The molecule has 1 aromatic carbocycles. The van der Waals surface area contributed by atoms with Crippen molar-refractivity contribution in [1.82, 2.24) is 10.2 Å². The second kappa shape index (κ2) is 7.91. The molecule has 0 saturated heterocycles. The van der Waals surface area contributed by atoms with Crippen molar-refractivity contribution in [2.24, 2.45) is 5.92 Å². The van der Waals surface area contributed by atoms with E-state index >= 15 is 0 Å². The second-order valence-electron chi connectivity index (χ2n) is 7.20. The van der Waals surface area contributed by atoms with E-state index in [2.05, 4.69) is 5.32 Å². The fourth-order valence-corrected chi connectivity index (χ4v) is 3.40. The number of hydrogen-bond acceptors (Lipinski definition) is 6. The molecule has 0 aliphatic heterocycles. The first-order valence-electron chi connectivity index (χ1n) is 8.96. The van der Waals surface area contributed by atoms with Crippen LogP contribution in [0.25, 0.3) is 0 Å². The Hall–Kier alpha value is -2.68. The van der Waals surface area contributed by atoms with E-state index in [-0.39, 0.29) is 35.6 Å². The number of carbonyl (C=O) groups excluding carboxylic acids is 1. The Morgan fingerprint density at radius 3 is 2.63 bits per heavy atom. The molecule has 0 spiro atoms. The van der Waals surface area contributed by atoms with E-state index in [1.165, 1.54) is 25.3 Å². The van der Waals surface area contributed by atoms with Crippen LogP contribution >= 0.6 is 0 Å². The van der Waals surface area contributed by atoms with Crippen molar-refractivity contribution in [3.05, 3.63) is 33.9 Å². The molecule has 9 heteroatoms. The highest BCUT2D eigenvalue weighted by Gasteiger charge is 2.38. The lowest BCUT2D eigenvalue weighted by atomic mass is 9.85. The molecule has 146 valence electrons. The molecule has 2 aliphatic carbocycles. The highest BCUT2D eigenvalue weighted by molar-refractivity contribution is 5.97. The SMILES string of the molecule is COc1ccc([N+](=O)[O-])cc1C(=O)NC1CC(N(CC(=O)O)CC2CC2)C1. The Morgan fingerprint density at radius 1 is 1.37 bits per heavy atom. The van der Waals surface area contributed by atoms with Crippen LogP contribution in [0.5, 0.6) is 5.75 Å². The number of non-ortho nitro benzene ring substituents is 1. The summed E-state index contributed by atoms with van der Waals surface area (Å²) in [6.07, 6.45) is 3.64. The monoisotopic (exact) mass is 377 g/mol. The van der Waals surface area contributed by atoms with Crippen LogP contribution in [0.15, 0.2) is 18.2 Å². The lowest BCUT2D eigenvalue weighted by Gasteiger charge is -2.42. The summed E-state index contributed by atoms with van der Waals surface area (Å²) in [4.78, 5) is 36.0. The van der Waals surface area contributed by atoms with Crippen LogP contribution in [0.2, 0.25) is 0 Å². The van der Waals surface area contributed by atoms with Crippen molar-refractivity contribution in [3.63, 3.8) is 0 Å². The van der Waals surface area contributed by atoms with E-state index in [0.29, 0.717) is 18.8 Å². The summed E-state index contributed by atoms with van der Waals surface area (Å²) in [5.41, 5.74) is -0.0555. The molecule has 2 saturated carbocycles. The molecular weight excluding hydrogens is 354 g/mol. The number of nitrogens with zero attached hydrogens (tertiary/aromatic N) is 2. The van der Waals surface area contributed by atoms with Gasteiger partial charge in [0.15, 0.2) is 0 Å². The average Bonchev–Trinajstić information content (AvgIpc) is 3.39. The zero-order valence-corrected chi connectivity index (χ0v) is 15.1. The number of nitrogens with one attached hydrogen (secondary N) is 1. The number of amides is 1. The van der Waals surface area contributed by atoms with Crippen molar-refractivity contribution in [3.8, 4) is 5.75 Å². The van der Waals surface area contributed by atoms with E-state index in [4.69, 9.17) is 9.84 Å². The number of carboxylic acid groups (broad SMARTS) is 1. The van der Waals surface area contributed by atoms with Crippen LogP contribution in [0.1, 0.15) is 36.0 Å². The molecule has 0 unspecified atom stereocenters. The maximum absolute atomic E-state index is 12.5. The first-order valence-corrected chi connectivity index (χ1v) is 8.96.